The molecule has 3 heteroatoms. The molecule has 1 N–H and O–H groups in total. The van der Waals surface area contributed by atoms with Crippen LogP contribution in [0.25, 0.3) is 0 Å². The lowest BCUT2D eigenvalue weighted by molar-refractivity contribution is 0.0671. The number of benzene rings is 1. The first-order chi connectivity index (χ1) is 10.3. The van der Waals surface area contributed by atoms with Gasteiger partial charge in [0.15, 0.2) is 0 Å². The van der Waals surface area contributed by atoms with Crippen molar-refractivity contribution in [3.63, 3.8) is 0 Å². The number of rotatable bonds is 7. The summed E-state index contributed by atoms with van der Waals surface area (Å²) in [4.78, 5) is 2.67. The van der Waals surface area contributed by atoms with Gasteiger partial charge in [-0.2, -0.15) is 0 Å². The van der Waals surface area contributed by atoms with Crippen molar-refractivity contribution in [1.82, 2.24) is 10.2 Å². The van der Waals surface area contributed by atoms with E-state index in [2.05, 4.69) is 54.5 Å². The van der Waals surface area contributed by atoms with Crippen LogP contribution in [0.2, 0.25) is 0 Å². The summed E-state index contributed by atoms with van der Waals surface area (Å²) < 4.78 is 5.31. The number of methoxy groups -OCH3 is 1. The van der Waals surface area contributed by atoms with E-state index >= 15 is 0 Å². The third-order valence-corrected chi connectivity index (χ3v) is 4.79. The molecule has 0 aromatic heterocycles. The highest BCUT2D eigenvalue weighted by Gasteiger charge is 2.29. The summed E-state index contributed by atoms with van der Waals surface area (Å²) in [5.74, 6) is 0.744. The maximum atomic E-state index is 5.31. The van der Waals surface area contributed by atoms with Crippen molar-refractivity contribution in [3.8, 4) is 0 Å². The summed E-state index contributed by atoms with van der Waals surface area (Å²) >= 11 is 0. The smallest absolute Gasteiger partial charge is 0.0491 e. The van der Waals surface area contributed by atoms with E-state index in [0.29, 0.717) is 12.1 Å². The predicted molar refractivity (Wildman–Crippen MR) is 88.5 cm³/mol. The molecule has 0 radical (unpaired) electrons. The standard InChI is InChI=1S/C18H30N2O/c1-4-17(18(19-2)16-8-6-5-7-9-16)20-12-10-15(11-13-20)14-21-3/h5-9,15,17-19H,4,10-14H2,1-3H3. The highest BCUT2D eigenvalue weighted by molar-refractivity contribution is 5.20. The van der Waals surface area contributed by atoms with E-state index in [9.17, 15) is 0 Å². The molecule has 2 unspecified atom stereocenters. The second-order valence-electron chi connectivity index (χ2n) is 6.09. The summed E-state index contributed by atoms with van der Waals surface area (Å²) in [5, 5.41) is 3.54. The van der Waals surface area contributed by atoms with Crippen LogP contribution < -0.4 is 5.32 Å². The van der Waals surface area contributed by atoms with Gasteiger partial charge in [-0.05, 0) is 50.9 Å². The molecule has 0 bridgehead atoms. The van der Waals surface area contributed by atoms with E-state index in [1.807, 2.05) is 7.11 Å². The second-order valence-corrected chi connectivity index (χ2v) is 6.09. The highest BCUT2D eigenvalue weighted by atomic mass is 16.5. The number of nitrogens with one attached hydrogen (secondary N) is 1. The Bertz CT molecular complexity index is 387. The summed E-state index contributed by atoms with van der Waals surface area (Å²) in [6.07, 6.45) is 3.69. The van der Waals surface area contributed by atoms with Gasteiger partial charge in [-0.25, -0.2) is 0 Å². The summed E-state index contributed by atoms with van der Waals surface area (Å²) in [7, 11) is 3.89. The molecule has 1 fully saturated rings. The molecule has 118 valence electrons. The zero-order chi connectivity index (χ0) is 15.1. The monoisotopic (exact) mass is 290 g/mol. The number of piperidine rings is 1. The van der Waals surface area contributed by atoms with Crippen molar-refractivity contribution in [2.75, 3.05) is 33.9 Å². The fourth-order valence-electron chi connectivity index (χ4n) is 3.63. The average molecular weight is 290 g/mol. The minimum atomic E-state index is 0.412. The van der Waals surface area contributed by atoms with Crippen LogP contribution in [-0.2, 0) is 4.74 Å². The van der Waals surface area contributed by atoms with Crippen LogP contribution in [0.1, 0.15) is 37.8 Å². The Kier molecular flexibility index (Phi) is 6.68. The van der Waals surface area contributed by atoms with Crippen LogP contribution in [-0.4, -0.2) is 44.8 Å². The molecular formula is C18H30N2O. The van der Waals surface area contributed by atoms with Gasteiger partial charge in [0.2, 0.25) is 0 Å². The molecule has 2 rings (SSSR count). The molecule has 1 heterocycles. The van der Waals surface area contributed by atoms with Crippen molar-refractivity contribution < 1.29 is 4.74 Å². The Morgan fingerprint density at radius 3 is 2.43 bits per heavy atom. The molecule has 0 aliphatic carbocycles. The summed E-state index contributed by atoms with van der Waals surface area (Å²) in [6, 6.07) is 11.8. The van der Waals surface area contributed by atoms with E-state index in [4.69, 9.17) is 4.74 Å². The fraction of sp³-hybridized carbons (Fsp3) is 0.667. The van der Waals surface area contributed by atoms with Gasteiger partial charge in [0.1, 0.15) is 0 Å². The number of nitrogens with zero attached hydrogens (tertiary/aromatic N) is 1. The molecule has 21 heavy (non-hydrogen) atoms. The van der Waals surface area contributed by atoms with Gasteiger partial charge in [0.25, 0.3) is 0 Å². The number of hydrogen-bond donors (Lipinski definition) is 1. The van der Waals surface area contributed by atoms with Gasteiger partial charge in [0.05, 0.1) is 0 Å². The molecular weight excluding hydrogens is 260 g/mol. The molecule has 1 aliphatic rings. The Morgan fingerprint density at radius 2 is 1.90 bits per heavy atom. The lowest BCUT2D eigenvalue weighted by atomic mass is 9.91. The van der Waals surface area contributed by atoms with Gasteiger partial charge >= 0.3 is 0 Å². The molecule has 1 aromatic rings. The lowest BCUT2D eigenvalue weighted by Gasteiger charge is -2.41. The summed E-state index contributed by atoms with van der Waals surface area (Å²) in [6.45, 7) is 5.60. The Hall–Kier alpha value is -0.900. The third kappa shape index (κ3) is 4.29. The number of likely N-dealkylation sites (tertiary alicyclic amines) is 1. The van der Waals surface area contributed by atoms with Crippen molar-refractivity contribution in [3.05, 3.63) is 35.9 Å². The summed E-state index contributed by atoms with van der Waals surface area (Å²) in [5.41, 5.74) is 1.39. The lowest BCUT2D eigenvalue weighted by Crippen LogP contribution is -2.47. The molecule has 3 nitrogen and oxygen atoms in total. The number of likely N-dealkylation sites (N-methyl/N-ethyl adjacent to an activating group) is 1. The van der Waals surface area contributed by atoms with E-state index in [1.54, 1.807) is 0 Å². The number of hydrogen-bond acceptors (Lipinski definition) is 3. The largest absolute Gasteiger partial charge is 0.384 e. The Morgan fingerprint density at radius 1 is 1.24 bits per heavy atom. The van der Waals surface area contributed by atoms with Crippen LogP contribution in [0.5, 0.6) is 0 Å². The molecule has 0 saturated carbocycles. The quantitative estimate of drug-likeness (QED) is 0.835. The van der Waals surface area contributed by atoms with Gasteiger partial charge in [-0.1, -0.05) is 37.3 Å². The van der Waals surface area contributed by atoms with Gasteiger partial charge in [-0.15, -0.1) is 0 Å². The molecule has 2 atom stereocenters. The number of ether oxygens (including phenoxy) is 1. The molecule has 1 aliphatic heterocycles. The Labute approximate surface area is 129 Å². The van der Waals surface area contributed by atoms with Crippen molar-refractivity contribution in [1.29, 1.82) is 0 Å². The van der Waals surface area contributed by atoms with Crippen LogP contribution in [0.3, 0.4) is 0 Å². The third-order valence-electron chi connectivity index (χ3n) is 4.79. The second kappa shape index (κ2) is 8.52. The maximum absolute atomic E-state index is 5.31. The average Bonchev–Trinajstić information content (AvgIpc) is 2.54. The highest BCUT2D eigenvalue weighted by Crippen LogP contribution is 2.27. The van der Waals surface area contributed by atoms with Gasteiger partial charge < -0.3 is 10.1 Å². The van der Waals surface area contributed by atoms with Crippen LogP contribution in [0.4, 0.5) is 0 Å². The molecule has 1 saturated heterocycles. The molecule has 0 spiro atoms. The normalized spacial score (nSPS) is 20.3. The first-order valence-corrected chi connectivity index (χ1v) is 8.25. The van der Waals surface area contributed by atoms with E-state index in [-0.39, 0.29) is 0 Å². The first-order valence-electron chi connectivity index (χ1n) is 8.25. The van der Waals surface area contributed by atoms with Gasteiger partial charge in [-0.3, -0.25) is 4.90 Å². The molecule has 1 aromatic carbocycles. The maximum Gasteiger partial charge on any atom is 0.0491 e. The van der Waals surface area contributed by atoms with Crippen molar-refractivity contribution in [2.24, 2.45) is 5.92 Å². The first kappa shape index (κ1) is 16.5. The van der Waals surface area contributed by atoms with E-state index in [1.165, 1.54) is 37.9 Å². The minimum Gasteiger partial charge on any atom is -0.384 e. The van der Waals surface area contributed by atoms with Crippen LogP contribution in [0, 0.1) is 5.92 Å². The van der Waals surface area contributed by atoms with Crippen molar-refractivity contribution >= 4 is 0 Å². The zero-order valence-electron chi connectivity index (χ0n) is 13.7. The van der Waals surface area contributed by atoms with Crippen LogP contribution >= 0.6 is 0 Å². The SMILES string of the molecule is CCC(C(NC)c1ccccc1)N1CCC(COC)CC1. The topological polar surface area (TPSA) is 24.5 Å². The van der Waals surface area contributed by atoms with E-state index < -0.39 is 0 Å². The van der Waals surface area contributed by atoms with Crippen LogP contribution in [0.15, 0.2) is 30.3 Å². The molecule has 0 amide bonds. The Balaban J connectivity index is 2.02. The van der Waals surface area contributed by atoms with Crippen molar-refractivity contribution in [2.45, 2.75) is 38.3 Å². The zero-order valence-corrected chi connectivity index (χ0v) is 13.7. The predicted octanol–water partition coefficient (Wildman–Crippen LogP) is 3.08. The fourth-order valence-corrected chi connectivity index (χ4v) is 3.63. The van der Waals surface area contributed by atoms with E-state index in [0.717, 1.165) is 12.5 Å². The minimum absolute atomic E-state index is 0.412. The van der Waals surface area contributed by atoms with Gasteiger partial charge in [0, 0.05) is 25.8 Å².